The van der Waals surface area contributed by atoms with Crippen LogP contribution in [-0.2, 0) is 6.42 Å². The molecule has 78 valence electrons. The molecule has 15 heavy (non-hydrogen) atoms. The van der Waals surface area contributed by atoms with Gasteiger partial charge in [-0.1, -0.05) is 22.0 Å². The maximum absolute atomic E-state index is 4.51. The van der Waals surface area contributed by atoms with Crippen molar-refractivity contribution in [2.75, 3.05) is 0 Å². The van der Waals surface area contributed by atoms with E-state index in [2.05, 4.69) is 38.5 Å². The van der Waals surface area contributed by atoms with E-state index in [9.17, 15) is 0 Å². The number of aryl methyl sites for hydroxylation is 1. The van der Waals surface area contributed by atoms with Gasteiger partial charge in [0.2, 0.25) is 0 Å². The smallest absolute Gasteiger partial charge is 0.107 e. The summed E-state index contributed by atoms with van der Waals surface area (Å²) in [6, 6.07) is 6.09. The number of unbranched alkanes of at least 4 members (excludes halogenated alkanes) is 1. The van der Waals surface area contributed by atoms with Crippen LogP contribution in [0.1, 0.15) is 18.7 Å². The number of H-pyrrole nitrogens is 1. The highest BCUT2D eigenvalue weighted by molar-refractivity contribution is 9.10. The molecule has 3 heteroatoms. The molecule has 1 N–H and O–H groups in total. The summed E-state index contributed by atoms with van der Waals surface area (Å²) >= 11 is 3.44. The first-order chi connectivity index (χ1) is 7.29. The van der Waals surface area contributed by atoms with Crippen molar-refractivity contribution in [3.05, 3.63) is 41.2 Å². The molecule has 0 saturated heterocycles. The second-order valence-electron chi connectivity index (χ2n) is 3.53. The van der Waals surface area contributed by atoms with Gasteiger partial charge in [0.1, 0.15) is 5.82 Å². The maximum Gasteiger partial charge on any atom is 0.107 e. The third-order valence-corrected chi connectivity index (χ3v) is 2.81. The van der Waals surface area contributed by atoms with Gasteiger partial charge >= 0.3 is 0 Å². The molecule has 0 aliphatic carbocycles. The monoisotopic (exact) mass is 264 g/mol. The fraction of sp³-hybridized carbons (Fsp3) is 0.250. The summed E-state index contributed by atoms with van der Waals surface area (Å²) in [5.41, 5.74) is 2.13. The Balaban J connectivity index is 2.19. The molecule has 1 aromatic heterocycles. The fourth-order valence-corrected chi connectivity index (χ4v) is 1.93. The lowest BCUT2D eigenvalue weighted by Crippen LogP contribution is -1.86. The van der Waals surface area contributed by atoms with Crippen molar-refractivity contribution in [2.45, 2.75) is 19.3 Å². The first kappa shape index (κ1) is 10.4. The largest absolute Gasteiger partial charge is 0.342 e. The number of imidazole rings is 1. The van der Waals surface area contributed by atoms with E-state index in [-0.39, 0.29) is 0 Å². The van der Waals surface area contributed by atoms with E-state index >= 15 is 0 Å². The van der Waals surface area contributed by atoms with E-state index in [1.807, 2.05) is 18.2 Å². The van der Waals surface area contributed by atoms with Gasteiger partial charge in [-0.05, 0) is 31.0 Å². The number of aromatic amines is 1. The number of halogens is 1. The van der Waals surface area contributed by atoms with Gasteiger partial charge in [0.05, 0.1) is 11.0 Å². The number of benzene rings is 1. The molecule has 0 bridgehead atoms. The number of nitrogens with one attached hydrogen (secondary N) is 1. The van der Waals surface area contributed by atoms with E-state index in [1.165, 1.54) is 0 Å². The summed E-state index contributed by atoms with van der Waals surface area (Å²) in [6.07, 6.45) is 5.07. The van der Waals surface area contributed by atoms with Crippen molar-refractivity contribution in [1.82, 2.24) is 9.97 Å². The Morgan fingerprint density at radius 2 is 2.33 bits per heavy atom. The second kappa shape index (κ2) is 4.62. The van der Waals surface area contributed by atoms with Crippen molar-refractivity contribution >= 4 is 27.0 Å². The van der Waals surface area contributed by atoms with Gasteiger partial charge in [0, 0.05) is 10.9 Å². The molecular weight excluding hydrogens is 252 g/mol. The Morgan fingerprint density at radius 1 is 1.47 bits per heavy atom. The van der Waals surface area contributed by atoms with Crippen LogP contribution in [0.15, 0.2) is 35.3 Å². The Labute approximate surface area is 97.5 Å². The normalized spacial score (nSPS) is 10.7. The minimum atomic E-state index is 0.984. The zero-order valence-corrected chi connectivity index (χ0v) is 10.0. The molecule has 1 aromatic carbocycles. The van der Waals surface area contributed by atoms with Crippen molar-refractivity contribution in [3.8, 4) is 0 Å². The molecule has 0 atom stereocenters. The van der Waals surface area contributed by atoms with Gasteiger partial charge in [0.25, 0.3) is 0 Å². The van der Waals surface area contributed by atoms with E-state index in [4.69, 9.17) is 0 Å². The highest BCUT2D eigenvalue weighted by atomic mass is 79.9. The lowest BCUT2D eigenvalue weighted by atomic mass is 10.2. The molecule has 0 spiro atoms. The first-order valence-electron chi connectivity index (χ1n) is 5.04. The maximum atomic E-state index is 4.51. The minimum absolute atomic E-state index is 0.984. The molecular formula is C12H13BrN2. The lowest BCUT2D eigenvalue weighted by Gasteiger charge is -1.91. The third kappa shape index (κ3) is 2.48. The standard InChI is InChI=1S/C12H13BrN2/c1-2-3-4-5-12-14-10-7-6-9(13)8-11(10)15-12/h2,6-8H,1,3-5H2,(H,14,15). The van der Waals surface area contributed by atoms with E-state index in [1.54, 1.807) is 0 Å². The number of aromatic nitrogens is 2. The van der Waals surface area contributed by atoms with Crippen LogP contribution in [0.2, 0.25) is 0 Å². The Hall–Kier alpha value is -1.09. The molecule has 0 unspecified atom stereocenters. The van der Waals surface area contributed by atoms with Gasteiger partial charge in [-0.25, -0.2) is 4.98 Å². The molecule has 0 radical (unpaired) electrons. The fourth-order valence-electron chi connectivity index (χ4n) is 1.57. The number of allylic oxidation sites excluding steroid dienone is 1. The average molecular weight is 265 g/mol. The van der Waals surface area contributed by atoms with E-state index in [0.717, 1.165) is 40.6 Å². The summed E-state index contributed by atoms with van der Waals surface area (Å²) in [4.78, 5) is 7.83. The van der Waals surface area contributed by atoms with Gasteiger partial charge in [-0.2, -0.15) is 0 Å². The molecule has 2 nitrogen and oxygen atoms in total. The van der Waals surface area contributed by atoms with Crippen LogP contribution >= 0.6 is 15.9 Å². The summed E-state index contributed by atoms with van der Waals surface area (Å²) in [7, 11) is 0. The highest BCUT2D eigenvalue weighted by Gasteiger charge is 2.02. The molecule has 0 amide bonds. The van der Waals surface area contributed by atoms with Crippen molar-refractivity contribution < 1.29 is 0 Å². The second-order valence-corrected chi connectivity index (χ2v) is 4.44. The zero-order chi connectivity index (χ0) is 10.7. The van der Waals surface area contributed by atoms with Crippen LogP contribution in [0.4, 0.5) is 0 Å². The number of hydrogen-bond donors (Lipinski definition) is 1. The minimum Gasteiger partial charge on any atom is -0.342 e. The molecule has 0 aliphatic heterocycles. The average Bonchev–Trinajstić information content (AvgIpc) is 2.60. The lowest BCUT2D eigenvalue weighted by molar-refractivity contribution is 0.804. The first-order valence-corrected chi connectivity index (χ1v) is 5.84. The molecule has 1 heterocycles. The Morgan fingerprint density at radius 3 is 3.13 bits per heavy atom. The summed E-state index contributed by atoms with van der Waals surface area (Å²) in [5.74, 6) is 1.06. The number of fused-ring (bicyclic) bond motifs is 1. The van der Waals surface area contributed by atoms with E-state index in [0.29, 0.717) is 0 Å². The predicted molar refractivity (Wildman–Crippen MR) is 66.9 cm³/mol. The Kier molecular flexibility index (Phi) is 3.21. The number of hydrogen-bond acceptors (Lipinski definition) is 1. The summed E-state index contributed by atoms with van der Waals surface area (Å²) < 4.78 is 1.08. The third-order valence-electron chi connectivity index (χ3n) is 2.31. The topological polar surface area (TPSA) is 28.7 Å². The zero-order valence-electron chi connectivity index (χ0n) is 8.46. The molecule has 2 rings (SSSR count). The van der Waals surface area contributed by atoms with Crippen molar-refractivity contribution in [3.63, 3.8) is 0 Å². The number of rotatable bonds is 4. The SMILES string of the molecule is C=CCCCc1nc2ccc(Br)cc2[nH]1. The van der Waals surface area contributed by atoms with Gasteiger partial charge < -0.3 is 4.98 Å². The van der Waals surface area contributed by atoms with Crippen LogP contribution < -0.4 is 0 Å². The molecule has 0 saturated carbocycles. The number of nitrogens with zero attached hydrogens (tertiary/aromatic N) is 1. The van der Waals surface area contributed by atoms with E-state index < -0.39 is 0 Å². The highest BCUT2D eigenvalue weighted by Crippen LogP contribution is 2.18. The molecule has 0 aliphatic rings. The van der Waals surface area contributed by atoms with Crippen LogP contribution in [0, 0.1) is 0 Å². The van der Waals surface area contributed by atoms with Gasteiger partial charge in [-0.15, -0.1) is 6.58 Å². The molecule has 0 fully saturated rings. The summed E-state index contributed by atoms with van der Waals surface area (Å²) in [6.45, 7) is 3.71. The summed E-state index contributed by atoms with van der Waals surface area (Å²) in [5, 5.41) is 0. The Bertz CT molecular complexity index is 473. The van der Waals surface area contributed by atoms with Crippen LogP contribution in [0.3, 0.4) is 0 Å². The van der Waals surface area contributed by atoms with Crippen LogP contribution in [0.25, 0.3) is 11.0 Å². The van der Waals surface area contributed by atoms with Gasteiger partial charge in [-0.3, -0.25) is 0 Å². The van der Waals surface area contributed by atoms with Crippen molar-refractivity contribution in [2.24, 2.45) is 0 Å². The van der Waals surface area contributed by atoms with Crippen LogP contribution in [-0.4, -0.2) is 9.97 Å². The van der Waals surface area contributed by atoms with Crippen LogP contribution in [0.5, 0.6) is 0 Å². The quantitative estimate of drug-likeness (QED) is 0.660. The van der Waals surface area contributed by atoms with Gasteiger partial charge in [0.15, 0.2) is 0 Å². The predicted octanol–water partition coefficient (Wildman–Crippen LogP) is 3.83. The molecule has 2 aromatic rings. The van der Waals surface area contributed by atoms with Crippen molar-refractivity contribution in [1.29, 1.82) is 0 Å².